The van der Waals surface area contributed by atoms with Crippen LogP contribution in [0.15, 0.2) is 0 Å². The Bertz CT molecular complexity index is 409. The molecule has 6 nitrogen and oxygen atoms in total. The van der Waals surface area contributed by atoms with Crippen LogP contribution in [-0.2, 0) is 4.79 Å². The standard InChI is InChI=1S/C9H14ClN5O/c1-4(3-6(11)16)13-8-7(12)5(2)14-9(10)15-8/h4H,3,12H2,1-2H3,(H2,11,16)(H,13,14,15). The van der Waals surface area contributed by atoms with E-state index in [1.807, 2.05) is 0 Å². The third-order valence-corrected chi connectivity index (χ3v) is 2.17. The van der Waals surface area contributed by atoms with Crippen molar-refractivity contribution in [2.75, 3.05) is 11.1 Å². The average Bonchev–Trinajstić information content (AvgIpc) is 2.11. The van der Waals surface area contributed by atoms with Crippen molar-refractivity contribution >= 4 is 29.0 Å². The Hall–Kier alpha value is -1.56. The third kappa shape index (κ3) is 3.23. The van der Waals surface area contributed by atoms with Crippen molar-refractivity contribution in [1.82, 2.24) is 9.97 Å². The van der Waals surface area contributed by atoms with Crippen LogP contribution in [0.2, 0.25) is 5.28 Å². The van der Waals surface area contributed by atoms with Crippen LogP contribution in [0.5, 0.6) is 0 Å². The monoisotopic (exact) mass is 243 g/mol. The first-order chi connectivity index (χ1) is 7.40. The van der Waals surface area contributed by atoms with Crippen molar-refractivity contribution in [2.45, 2.75) is 26.3 Å². The van der Waals surface area contributed by atoms with Crippen molar-refractivity contribution < 1.29 is 4.79 Å². The van der Waals surface area contributed by atoms with Crippen LogP contribution in [0.25, 0.3) is 0 Å². The van der Waals surface area contributed by atoms with Gasteiger partial charge in [-0.1, -0.05) is 0 Å². The number of anilines is 2. The smallest absolute Gasteiger partial charge is 0.224 e. The molecule has 1 amide bonds. The second-order valence-corrected chi connectivity index (χ2v) is 3.89. The fourth-order valence-electron chi connectivity index (χ4n) is 1.24. The largest absolute Gasteiger partial charge is 0.394 e. The van der Waals surface area contributed by atoms with Crippen LogP contribution in [-0.4, -0.2) is 21.9 Å². The molecular formula is C9H14ClN5O. The number of carbonyl (C=O) groups is 1. The highest BCUT2D eigenvalue weighted by atomic mass is 35.5. The highest BCUT2D eigenvalue weighted by molar-refractivity contribution is 6.28. The number of carbonyl (C=O) groups excluding carboxylic acids is 1. The Morgan fingerprint density at radius 2 is 2.19 bits per heavy atom. The highest BCUT2D eigenvalue weighted by Crippen LogP contribution is 2.21. The van der Waals surface area contributed by atoms with Gasteiger partial charge in [-0.05, 0) is 25.4 Å². The van der Waals surface area contributed by atoms with Gasteiger partial charge in [-0.25, -0.2) is 4.98 Å². The van der Waals surface area contributed by atoms with E-state index in [0.717, 1.165) is 0 Å². The Morgan fingerprint density at radius 1 is 1.56 bits per heavy atom. The van der Waals surface area contributed by atoms with Gasteiger partial charge in [0.2, 0.25) is 11.2 Å². The van der Waals surface area contributed by atoms with E-state index in [0.29, 0.717) is 17.2 Å². The molecular weight excluding hydrogens is 230 g/mol. The van der Waals surface area contributed by atoms with Crippen molar-refractivity contribution in [3.8, 4) is 0 Å². The number of primary amides is 1. The molecule has 0 fully saturated rings. The maximum atomic E-state index is 10.7. The van der Waals surface area contributed by atoms with E-state index in [2.05, 4.69) is 15.3 Å². The van der Waals surface area contributed by atoms with E-state index in [-0.39, 0.29) is 17.7 Å². The molecule has 0 spiro atoms. The number of nitrogens with two attached hydrogens (primary N) is 2. The van der Waals surface area contributed by atoms with Crippen LogP contribution in [0.1, 0.15) is 19.0 Å². The summed E-state index contributed by atoms with van der Waals surface area (Å²) in [5, 5.41) is 3.07. The number of halogens is 1. The summed E-state index contributed by atoms with van der Waals surface area (Å²) < 4.78 is 0. The molecule has 1 rings (SSSR count). The molecule has 16 heavy (non-hydrogen) atoms. The minimum atomic E-state index is -0.393. The lowest BCUT2D eigenvalue weighted by molar-refractivity contribution is -0.118. The molecule has 1 atom stereocenters. The predicted molar refractivity (Wildman–Crippen MR) is 63.1 cm³/mol. The summed E-state index contributed by atoms with van der Waals surface area (Å²) in [7, 11) is 0. The summed E-state index contributed by atoms with van der Waals surface area (Å²) in [5.74, 6) is 0.0293. The number of nitrogen functional groups attached to an aromatic ring is 1. The number of hydrogen-bond donors (Lipinski definition) is 3. The van der Waals surface area contributed by atoms with Gasteiger partial charge < -0.3 is 16.8 Å². The maximum absolute atomic E-state index is 10.7. The van der Waals surface area contributed by atoms with Crippen LogP contribution >= 0.6 is 11.6 Å². The molecule has 7 heteroatoms. The lowest BCUT2D eigenvalue weighted by Crippen LogP contribution is -2.25. The molecule has 88 valence electrons. The Kier molecular flexibility index (Phi) is 3.89. The van der Waals surface area contributed by atoms with Crippen LogP contribution in [0.3, 0.4) is 0 Å². The average molecular weight is 244 g/mol. The van der Waals surface area contributed by atoms with Crippen molar-refractivity contribution in [2.24, 2.45) is 5.73 Å². The molecule has 5 N–H and O–H groups in total. The van der Waals surface area contributed by atoms with Gasteiger partial charge in [0.05, 0.1) is 11.4 Å². The number of amides is 1. The molecule has 0 aliphatic heterocycles. The van der Waals surface area contributed by atoms with Gasteiger partial charge in [-0.15, -0.1) is 0 Å². The predicted octanol–water partition coefficient (Wildman–Crippen LogP) is 0.696. The molecule has 1 aromatic heterocycles. The zero-order valence-corrected chi connectivity index (χ0v) is 9.88. The quantitative estimate of drug-likeness (QED) is 0.675. The lowest BCUT2D eigenvalue weighted by Gasteiger charge is -2.15. The number of aryl methyl sites for hydroxylation is 1. The van der Waals surface area contributed by atoms with E-state index in [1.54, 1.807) is 13.8 Å². The highest BCUT2D eigenvalue weighted by Gasteiger charge is 2.11. The maximum Gasteiger partial charge on any atom is 0.224 e. The first kappa shape index (κ1) is 12.5. The zero-order valence-electron chi connectivity index (χ0n) is 9.12. The number of hydrogen-bond acceptors (Lipinski definition) is 5. The van der Waals surface area contributed by atoms with Gasteiger partial charge in [0.1, 0.15) is 0 Å². The number of aromatic nitrogens is 2. The number of rotatable bonds is 4. The van der Waals surface area contributed by atoms with Crippen LogP contribution < -0.4 is 16.8 Å². The molecule has 0 radical (unpaired) electrons. The molecule has 1 aromatic rings. The summed E-state index contributed by atoms with van der Waals surface area (Å²) >= 11 is 5.70. The van der Waals surface area contributed by atoms with Crippen LogP contribution in [0.4, 0.5) is 11.5 Å². The molecule has 0 bridgehead atoms. The van der Waals surface area contributed by atoms with Crippen molar-refractivity contribution in [3.05, 3.63) is 11.0 Å². The molecule has 0 aliphatic carbocycles. The van der Waals surface area contributed by atoms with E-state index in [9.17, 15) is 4.79 Å². The van der Waals surface area contributed by atoms with E-state index >= 15 is 0 Å². The SMILES string of the molecule is Cc1nc(Cl)nc(NC(C)CC(N)=O)c1N. The zero-order chi connectivity index (χ0) is 12.3. The second-order valence-electron chi connectivity index (χ2n) is 3.56. The summed E-state index contributed by atoms with van der Waals surface area (Å²) in [4.78, 5) is 18.6. The fourth-order valence-corrected chi connectivity index (χ4v) is 1.45. The molecule has 1 unspecified atom stereocenters. The fraction of sp³-hybridized carbons (Fsp3) is 0.444. The van der Waals surface area contributed by atoms with Gasteiger partial charge >= 0.3 is 0 Å². The minimum absolute atomic E-state index is 0.112. The summed E-state index contributed by atoms with van der Waals surface area (Å²) in [6, 6.07) is -0.162. The normalized spacial score (nSPS) is 12.2. The lowest BCUT2D eigenvalue weighted by atomic mass is 10.2. The van der Waals surface area contributed by atoms with Gasteiger partial charge in [-0.2, -0.15) is 4.98 Å². The van der Waals surface area contributed by atoms with Crippen molar-refractivity contribution in [1.29, 1.82) is 0 Å². The summed E-state index contributed by atoms with van der Waals surface area (Å²) in [6.07, 6.45) is 0.195. The van der Waals surface area contributed by atoms with E-state index in [4.69, 9.17) is 23.1 Å². The van der Waals surface area contributed by atoms with Crippen molar-refractivity contribution in [3.63, 3.8) is 0 Å². The molecule has 0 aliphatic rings. The number of nitrogens with zero attached hydrogens (tertiary/aromatic N) is 2. The van der Waals surface area contributed by atoms with Crippen LogP contribution in [0, 0.1) is 6.92 Å². The topological polar surface area (TPSA) is 107 Å². The summed E-state index contributed by atoms with van der Waals surface area (Å²) in [5.41, 5.74) is 11.9. The molecule has 0 aromatic carbocycles. The second kappa shape index (κ2) is 4.98. The first-order valence-corrected chi connectivity index (χ1v) is 5.12. The van der Waals surface area contributed by atoms with Gasteiger partial charge in [0.25, 0.3) is 0 Å². The Balaban J connectivity index is 2.84. The Morgan fingerprint density at radius 3 is 2.75 bits per heavy atom. The molecule has 1 heterocycles. The number of nitrogens with one attached hydrogen (secondary N) is 1. The third-order valence-electron chi connectivity index (χ3n) is 2.00. The van der Waals surface area contributed by atoms with Gasteiger partial charge in [0, 0.05) is 12.5 Å². The minimum Gasteiger partial charge on any atom is -0.394 e. The van der Waals surface area contributed by atoms with E-state index < -0.39 is 5.91 Å². The van der Waals surface area contributed by atoms with Gasteiger partial charge in [0.15, 0.2) is 5.82 Å². The summed E-state index contributed by atoms with van der Waals surface area (Å²) in [6.45, 7) is 3.53. The first-order valence-electron chi connectivity index (χ1n) is 4.74. The Labute approximate surface area is 98.4 Å². The van der Waals surface area contributed by atoms with E-state index in [1.165, 1.54) is 0 Å². The molecule has 0 saturated heterocycles. The molecule has 0 saturated carbocycles. The van der Waals surface area contributed by atoms with Gasteiger partial charge in [-0.3, -0.25) is 4.79 Å².